The predicted octanol–water partition coefficient (Wildman–Crippen LogP) is 1.92. The summed E-state index contributed by atoms with van der Waals surface area (Å²) in [4.78, 5) is 2.31. The van der Waals surface area contributed by atoms with Crippen molar-refractivity contribution in [2.45, 2.75) is 18.9 Å². The van der Waals surface area contributed by atoms with Gasteiger partial charge in [-0.3, -0.25) is 0 Å². The molecular formula is C12H15NO. The van der Waals surface area contributed by atoms with Crippen molar-refractivity contribution in [2.24, 2.45) is 0 Å². The first-order chi connectivity index (χ1) is 6.69. The highest BCUT2D eigenvalue weighted by Gasteiger charge is 2.41. The van der Waals surface area contributed by atoms with E-state index in [0.717, 1.165) is 13.2 Å². The fourth-order valence-corrected chi connectivity index (χ4v) is 2.17. The van der Waals surface area contributed by atoms with Gasteiger partial charge in [0.2, 0.25) is 0 Å². The summed E-state index contributed by atoms with van der Waals surface area (Å²) in [5.41, 5.74) is 4.22. The molecule has 2 aliphatic rings. The van der Waals surface area contributed by atoms with Crippen molar-refractivity contribution in [1.82, 2.24) is 0 Å². The summed E-state index contributed by atoms with van der Waals surface area (Å²) in [5, 5.41) is 0. The first-order valence-corrected chi connectivity index (χ1v) is 5.17. The van der Waals surface area contributed by atoms with E-state index in [1.54, 1.807) is 0 Å². The van der Waals surface area contributed by atoms with Gasteiger partial charge in [0.25, 0.3) is 0 Å². The molecule has 0 N–H and O–H groups in total. The molecule has 2 nitrogen and oxygen atoms in total. The third kappa shape index (κ3) is 1.07. The zero-order chi connectivity index (χ0) is 9.76. The van der Waals surface area contributed by atoms with Gasteiger partial charge in [-0.1, -0.05) is 12.1 Å². The minimum absolute atomic E-state index is 0.0240. The van der Waals surface area contributed by atoms with Gasteiger partial charge in [-0.25, -0.2) is 0 Å². The molecule has 0 bridgehead atoms. The van der Waals surface area contributed by atoms with Crippen LogP contribution in [0.15, 0.2) is 18.2 Å². The smallest absolute Gasteiger partial charge is 0.114 e. The lowest BCUT2D eigenvalue weighted by Crippen LogP contribution is -2.12. The van der Waals surface area contributed by atoms with Crippen LogP contribution in [-0.2, 0) is 16.8 Å². The van der Waals surface area contributed by atoms with Gasteiger partial charge < -0.3 is 9.64 Å². The molecule has 0 radical (unpaired) electrons. The maximum Gasteiger partial charge on any atom is 0.114 e. The molecule has 2 heteroatoms. The molecule has 1 aromatic carbocycles. The van der Waals surface area contributed by atoms with Crippen LogP contribution in [0, 0.1) is 0 Å². The number of nitrogens with zero attached hydrogens (tertiary/aromatic N) is 1. The Morgan fingerprint density at radius 1 is 1.43 bits per heavy atom. The van der Waals surface area contributed by atoms with Crippen molar-refractivity contribution < 1.29 is 4.74 Å². The lowest BCUT2D eigenvalue weighted by Gasteiger charge is -2.13. The molecule has 0 aromatic heterocycles. The quantitative estimate of drug-likeness (QED) is 0.627. The number of anilines is 1. The van der Waals surface area contributed by atoms with Crippen LogP contribution in [0.5, 0.6) is 0 Å². The lowest BCUT2D eigenvalue weighted by atomic mass is 9.99. The fourth-order valence-electron chi connectivity index (χ4n) is 2.17. The summed E-state index contributed by atoms with van der Waals surface area (Å²) < 4.78 is 5.46. The summed E-state index contributed by atoms with van der Waals surface area (Å²) >= 11 is 0. The van der Waals surface area contributed by atoms with Crippen LogP contribution >= 0.6 is 0 Å². The Balaban J connectivity index is 2.04. The van der Waals surface area contributed by atoms with Crippen LogP contribution in [0.2, 0.25) is 0 Å². The Morgan fingerprint density at radius 3 is 2.93 bits per heavy atom. The Hall–Kier alpha value is -1.02. The van der Waals surface area contributed by atoms with Crippen molar-refractivity contribution in [3.63, 3.8) is 0 Å². The van der Waals surface area contributed by atoms with E-state index >= 15 is 0 Å². The minimum Gasteiger partial charge on any atom is -0.374 e. The third-order valence-electron chi connectivity index (χ3n) is 3.40. The van der Waals surface area contributed by atoms with Crippen LogP contribution < -0.4 is 4.90 Å². The average molecular weight is 189 g/mol. The Labute approximate surface area is 84.5 Å². The highest BCUT2D eigenvalue weighted by atomic mass is 16.6. The predicted molar refractivity (Wildman–Crippen MR) is 56.7 cm³/mol. The zero-order valence-electron chi connectivity index (χ0n) is 8.71. The van der Waals surface area contributed by atoms with Crippen LogP contribution in [0.1, 0.15) is 18.1 Å². The third-order valence-corrected chi connectivity index (χ3v) is 3.40. The molecule has 0 saturated carbocycles. The number of fused-ring (bicyclic) bond motifs is 1. The van der Waals surface area contributed by atoms with Gasteiger partial charge in [-0.2, -0.15) is 0 Å². The van der Waals surface area contributed by atoms with E-state index in [9.17, 15) is 0 Å². The molecular weight excluding hydrogens is 174 g/mol. The number of rotatable bonds is 1. The van der Waals surface area contributed by atoms with E-state index in [1.165, 1.54) is 23.2 Å². The van der Waals surface area contributed by atoms with Gasteiger partial charge in [0.1, 0.15) is 5.60 Å². The molecule has 3 rings (SSSR count). The van der Waals surface area contributed by atoms with Crippen molar-refractivity contribution in [3.05, 3.63) is 29.3 Å². The molecule has 0 amide bonds. The molecule has 14 heavy (non-hydrogen) atoms. The number of likely N-dealkylation sites (N-methyl/N-ethyl adjacent to an activating group) is 1. The summed E-state index contributed by atoms with van der Waals surface area (Å²) in [6.07, 6.45) is 1.18. The molecule has 0 spiro atoms. The van der Waals surface area contributed by atoms with Gasteiger partial charge in [-0.05, 0) is 30.5 Å². The Morgan fingerprint density at radius 2 is 2.21 bits per heavy atom. The minimum atomic E-state index is 0.0240. The molecule has 2 heterocycles. The maximum absolute atomic E-state index is 5.46. The first kappa shape index (κ1) is 8.30. The second-order valence-corrected chi connectivity index (χ2v) is 4.53. The first-order valence-electron chi connectivity index (χ1n) is 5.17. The molecule has 1 atom stereocenters. The topological polar surface area (TPSA) is 15.8 Å². The number of ether oxygens (including phenoxy) is 1. The Kier molecular flexibility index (Phi) is 1.49. The second kappa shape index (κ2) is 2.51. The average Bonchev–Trinajstić information content (AvgIpc) is 2.84. The molecule has 74 valence electrons. The lowest BCUT2D eigenvalue weighted by molar-refractivity contribution is 0.329. The number of benzene rings is 1. The van der Waals surface area contributed by atoms with Gasteiger partial charge in [0.15, 0.2) is 0 Å². The van der Waals surface area contributed by atoms with E-state index in [-0.39, 0.29) is 5.60 Å². The standard InChI is InChI=1S/C12H15NO/c1-12(8-14-12)10-3-4-11-9(7-10)5-6-13(11)2/h3-4,7H,5-6,8H2,1-2H3. The molecule has 2 aliphatic heterocycles. The number of hydrogen-bond acceptors (Lipinski definition) is 2. The van der Waals surface area contributed by atoms with Crippen molar-refractivity contribution in [1.29, 1.82) is 0 Å². The van der Waals surface area contributed by atoms with E-state index in [1.807, 2.05) is 0 Å². The van der Waals surface area contributed by atoms with Crippen LogP contribution in [-0.4, -0.2) is 20.2 Å². The normalized spacial score (nSPS) is 29.1. The molecule has 1 aromatic rings. The molecule has 1 fully saturated rings. The summed E-state index contributed by atoms with van der Waals surface area (Å²) in [6.45, 7) is 4.19. The second-order valence-electron chi connectivity index (χ2n) is 4.53. The SMILES string of the molecule is CN1CCc2cc(C3(C)CO3)ccc21. The number of epoxide rings is 1. The van der Waals surface area contributed by atoms with E-state index < -0.39 is 0 Å². The van der Waals surface area contributed by atoms with E-state index in [4.69, 9.17) is 4.74 Å². The molecule has 0 aliphatic carbocycles. The van der Waals surface area contributed by atoms with E-state index in [0.29, 0.717) is 0 Å². The van der Waals surface area contributed by atoms with E-state index in [2.05, 4.69) is 37.1 Å². The molecule has 1 unspecified atom stereocenters. The van der Waals surface area contributed by atoms with Gasteiger partial charge in [0.05, 0.1) is 6.61 Å². The van der Waals surface area contributed by atoms with Gasteiger partial charge in [0, 0.05) is 19.3 Å². The van der Waals surface area contributed by atoms with Crippen molar-refractivity contribution in [2.75, 3.05) is 25.1 Å². The van der Waals surface area contributed by atoms with Crippen molar-refractivity contribution >= 4 is 5.69 Å². The highest BCUT2D eigenvalue weighted by molar-refractivity contribution is 5.59. The maximum atomic E-state index is 5.46. The van der Waals surface area contributed by atoms with Crippen LogP contribution in [0.3, 0.4) is 0 Å². The summed E-state index contributed by atoms with van der Waals surface area (Å²) in [7, 11) is 2.15. The fraction of sp³-hybridized carbons (Fsp3) is 0.500. The van der Waals surface area contributed by atoms with Crippen LogP contribution in [0.4, 0.5) is 5.69 Å². The number of hydrogen-bond donors (Lipinski definition) is 0. The van der Waals surface area contributed by atoms with Gasteiger partial charge in [-0.15, -0.1) is 0 Å². The zero-order valence-corrected chi connectivity index (χ0v) is 8.71. The highest BCUT2D eigenvalue weighted by Crippen LogP contribution is 2.40. The summed E-state index contributed by atoms with van der Waals surface area (Å²) in [5.74, 6) is 0. The Bertz CT molecular complexity index is 382. The largest absolute Gasteiger partial charge is 0.374 e. The molecule has 1 saturated heterocycles. The summed E-state index contributed by atoms with van der Waals surface area (Å²) in [6, 6.07) is 6.74. The van der Waals surface area contributed by atoms with Crippen molar-refractivity contribution in [3.8, 4) is 0 Å². The monoisotopic (exact) mass is 189 g/mol. The van der Waals surface area contributed by atoms with Gasteiger partial charge >= 0.3 is 0 Å². The van der Waals surface area contributed by atoms with Crippen LogP contribution in [0.25, 0.3) is 0 Å².